The lowest BCUT2D eigenvalue weighted by molar-refractivity contribution is 0.112. The molecule has 2 atom stereocenters. The number of nitrogens with one attached hydrogen (secondary N) is 1. The molecular formula is C13H26N2. The van der Waals surface area contributed by atoms with Crippen LogP contribution in [0.4, 0.5) is 0 Å². The summed E-state index contributed by atoms with van der Waals surface area (Å²) in [6, 6.07) is 2.35. The van der Waals surface area contributed by atoms with Crippen LogP contribution in [0.3, 0.4) is 0 Å². The summed E-state index contributed by atoms with van der Waals surface area (Å²) in [6.07, 6.45) is 8.58. The third-order valence-electron chi connectivity index (χ3n) is 4.15. The molecule has 1 N–H and O–H groups in total. The van der Waals surface area contributed by atoms with Crippen molar-refractivity contribution in [3.05, 3.63) is 0 Å². The molecule has 1 saturated heterocycles. The smallest absolute Gasteiger partial charge is 0.0166 e. The highest BCUT2D eigenvalue weighted by Crippen LogP contribution is 2.25. The Morgan fingerprint density at radius 2 is 1.73 bits per heavy atom. The lowest BCUT2D eigenvalue weighted by Crippen LogP contribution is -2.45. The van der Waals surface area contributed by atoms with Crippen molar-refractivity contribution in [2.24, 2.45) is 0 Å². The minimum atomic E-state index is 0.678. The first-order valence-corrected chi connectivity index (χ1v) is 6.76. The van der Waals surface area contributed by atoms with Crippen LogP contribution < -0.4 is 5.32 Å². The van der Waals surface area contributed by atoms with Gasteiger partial charge in [-0.2, -0.15) is 0 Å². The van der Waals surface area contributed by atoms with E-state index in [0.29, 0.717) is 6.04 Å². The summed E-state index contributed by atoms with van der Waals surface area (Å²) in [4.78, 5) is 2.78. The first kappa shape index (κ1) is 11.4. The third kappa shape index (κ3) is 2.94. The fourth-order valence-electron chi connectivity index (χ4n) is 3.19. The fraction of sp³-hybridized carbons (Fsp3) is 1.00. The molecule has 2 rings (SSSR count). The molecule has 2 heteroatoms. The quantitative estimate of drug-likeness (QED) is 0.715. The van der Waals surface area contributed by atoms with Gasteiger partial charge in [0.15, 0.2) is 0 Å². The second-order valence-corrected chi connectivity index (χ2v) is 5.48. The van der Waals surface area contributed by atoms with Crippen LogP contribution in [0, 0.1) is 0 Å². The van der Waals surface area contributed by atoms with Crippen LogP contribution in [0.5, 0.6) is 0 Å². The van der Waals surface area contributed by atoms with Gasteiger partial charge in [-0.05, 0) is 39.7 Å². The van der Waals surface area contributed by atoms with Crippen molar-refractivity contribution in [3.8, 4) is 0 Å². The van der Waals surface area contributed by atoms with Gasteiger partial charge in [0.1, 0.15) is 0 Å². The van der Waals surface area contributed by atoms with E-state index in [0.717, 1.165) is 12.1 Å². The SMILES string of the molecule is CC1CN(C2CCCCC2)C(C)CCN1. The monoisotopic (exact) mass is 210 g/mol. The molecule has 1 aliphatic heterocycles. The molecule has 2 unspecified atom stereocenters. The molecular weight excluding hydrogens is 184 g/mol. The minimum Gasteiger partial charge on any atom is -0.313 e. The van der Waals surface area contributed by atoms with E-state index in [1.54, 1.807) is 0 Å². The van der Waals surface area contributed by atoms with Crippen molar-refractivity contribution in [2.75, 3.05) is 13.1 Å². The summed E-state index contributed by atoms with van der Waals surface area (Å²) in [5.74, 6) is 0. The predicted octanol–water partition coefficient (Wildman–Crippen LogP) is 2.39. The van der Waals surface area contributed by atoms with Gasteiger partial charge in [0.2, 0.25) is 0 Å². The molecule has 2 nitrogen and oxygen atoms in total. The van der Waals surface area contributed by atoms with E-state index in [1.807, 2.05) is 0 Å². The molecule has 88 valence electrons. The number of hydrogen-bond acceptors (Lipinski definition) is 2. The van der Waals surface area contributed by atoms with Crippen molar-refractivity contribution in [2.45, 2.75) is 70.5 Å². The average Bonchev–Trinajstić information content (AvgIpc) is 2.42. The van der Waals surface area contributed by atoms with Gasteiger partial charge in [-0.3, -0.25) is 4.90 Å². The van der Waals surface area contributed by atoms with Crippen molar-refractivity contribution in [1.82, 2.24) is 10.2 Å². The Morgan fingerprint density at radius 3 is 2.47 bits per heavy atom. The second kappa shape index (κ2) is 5.31. The Hall–Kier alpha value is -0.0800. The summed E-state index contributed by atoms with van der Waals surface area (Å²) >= 11 is 0. The predicted molar refractivity (Wildman–Crippen MR) is 65.1 cm³/mol. The van der Waals surface area contributed by atoms with Gasteiger partial charge in [0.05, 0.1) is 0 Å². The normalized spacial score (nSPS) is 36.4. The van der Waals surface area contributed by atoms with Gasteiger partial charge in [-0.25, -0.2) is 0 Å². The van der Waals surface area contributed by atoms with Crippen LogP contribution in [0.15, 0.2) is 0 Å². The Morgan fingerprint density at radius 1 is 1.00 bits per heavy atom. The highest BCUT2D eigenvalue weighted by molar-refractivity contribution is 4.85. The van der Waals surface area contributed by atoms with Gasteiger partial charge in [0, 0.05) is 24.7 Å². The molecule has 2 aliphatic rings. The summed E-state index contributed by atoms with van der Waals surface area (Å²) < 4.78 is 0. The molecule has 0 radical (unpaired) electrons. The topological polar surface area (TPSA) is 15.3 Å². The zero-order chi connectivity index (χ0) is 10.7. The first-order chi connectivity index (χ1) is 7.27. The van der Waals surface area contributed by atoms with Crippen LogP contribution in [0.25, 0.3) is 0 Å². The fourth-order valence-corrected chi connectivity index (χ4v) is 3.19. The lowest BCUT2D eigenvalue weighted by Gasteiger charge is -2.38. The van der Waals surface area contributed by atoms with Gasteiger partial charge in [-0.1, -0.05) is 19.3 Å². The Balaban J connectivity index is 1.96. The zero-order valence-corrected chi connectivity index (χ0v) is 10.3. The van der Waals surface area contributed by atoms with Crippen LogP contribution in [-0.2, 0) is 0 Å². The second-order valence-electron chi connectivity index (χ2n) is 5.48. The highest BCUT2D eigenvalue weighted by atomic mass is 15.2. The van der Waals surface area contributed by atoms with E-state index in [4.69, 9.17) is 0 Å². The summed E-state index contributed by atoms with van der Waals surface area (Å²) in [7, 11) is 0. The Kier molecular flexibility index (Phi) is 4.04. The van der Waals surface area contributed by atoms with Gasteiger partial charge < -0.3 is 5.32 Å². The maximum absolute atomic E-state index is 3.60. The van der Waals surface area contributed by atoms with Crippen molar-refractivity contribution >= 4 is 0 Å². The van der Waals surface area contributed by atoms with Crippen molar-refractivity contribution < 1.29 is 0 Å². The van der Waals surface area contributed by atoms with Crippen molar-refractivity contribution in [1.29, 1.82) is 0 Å². The third-order valence-corrected chi connectivity index (χ3v) is 4.15. The molecule has 1 saturated carbocycles. The summed E-state index contributed by atoms with van der Waals surface area (Å²) in [5.41, 5.74) is 0. The molecule has 0 aromatic heterocycles. The molecule has 0 aromatic carbocycles. The molecule has 0 spiro atoms. The largest absolute Gasteiger partial charge is 0.313 e. The van der Waals surface area contributed by atoms with Gasteiger partial charge in [0.25, 0.3) is 0 Å². The minimum absolute atomic E-state index is 0.678. The number of hydrogen-bond donors (Lipinski definition) is 1. The molecule has 1 heterocycles. The molecule has 1 aliphatic carbocycles. The van der Waals surface area contributed by atoms with E-state index < -0.39 is 0 Å². The highest BCUT2D eigenvalue weighted by Gasteiger charge is 2.27. The van der Waals surface area contributed by atoms with Crippen LogP contribution in [0.2, 0.25) is 0 Å². The first-order valence-electron chi connectivity index (χ1n) is 6.76. The lowest BCUT2D eigenvalue weighted by atomic mass is 9.93. The van der Waals surface area contributed by atoms with Crippen LogP contribution in [-0.4, -0.2) is 36.1 Å². The summed E-state index contributed by atoms with van der Waals surface area (Å²) in [5, 5.41) is 3.60. The number of rotatable bonds is 1. The zero-order valence-electron chi connectivity index (χ0n) is 10.3. The van der Waals surface area contributed by atoms with Gasteiger partial charge >= 0.3 is 0 Å². The van der Waals surface area contributed by atoms with Gasteiger partial charge in [-0.15, -0.1) is 0 Å². The average molecular weight is 210 g/mol. The van der Waals surface area contributed by atoms with E-state index in [9.17, 15) is 0 Å². The summed E-state index contributed by atoms with van der Waals surface area (Å²) in [6.45, 7) is 7.19. The standard InChI is InChI=1S/C13H26N2/c1-11-10-15(12(2)8-9-14-11)13-6-4-3-5-7-13/h11-14H,3-10H2,1-2H3. The Bertz CT molecular complexity index is 187. The van der Waals surface area contributed by atoms with E-state index >= 15 is 0 Å². The number of nitrogens with zero attached hydrogens (tertiary/aromatic N) is 1. The Labute approximate surface area is 94.4 Å². The van der Waals surface area contributed by atoms with E-state index in [1.165, 1.54) is 51.6 Å². The maximum Gasteiger partial charge on any atom is 0.0166 e. The van der Waals surface area contributed by atoms with Crippen molar-refractivity contribution in [3.63, 3.8) is 0 Å². The van der Waals surface area contributed by atoms with Crippen LogP contribution >= 0.6 is 0 Å². The molecule has 0 amide bonds. The molecule has 0 bridgehead atoms. The maximum atomic E-state index is 3.60. The molecule has 0 aromatic rings. The van der Waals surface area contributed by atoms with E-state index in [2.05, 4.69) is 24.1 Å². The van der Waals surface area contributed by atoms with Crippen LogP contribution in [0.1, 0.15) is 52.4 Å². The molecule has 15 heavy (non-hydrogen) atoms. The molecule has 2 fully saturated rings. The van der Waals surface area contributed by atoms with E-state index in [-0.39, 0.29) is 0 Å².